The van der Waals surface area contributed by atoms with E-state index in [0.717, 1.165) is 0 Å². The van der Waals surface area contributed by atoms with Crippen LogP contribution in [0, 0.1) is 0 Å². The molecule has 0 aliphatic rings. The summed E-state index contributed by atoms with van der Waals surface area (Å²) >= 11 is 0. The highest BCUT2D eigenvalue weighted by molar-refractivity contribution is 6.04. The smallest absolute Gasteiger partial charge is 0.236 e. The fourth-order valence-corrected chi connectivity index (χ4v) is 1.53. The molecular formula is C12H16N2O3. The van der Waals surface area contributed by atoms with Crippen LogP contribution in [-0.2, 0) is 9.59 Å². The minimum atomic E-state index is -0.628. The first-order valence-corrected chi connectivity index (χ1v) is 5.31. The number of amides is 2. The van der Waals surface area contributed by atoms with Gasteiger partial charge in [0.15, 0.2) is 0 Å². The summed E-state index contributed by atoms with van der Waals surface area (Å²) in [5.74, 6) is -0.280. The molecule has 5 nitrogen and oxygen atoms in total. The molecule has 1 rings (SSSR count). The van der Waals surface area contributed by atoms with E-state index in [1.807, 2.05) is 6.92 Å². The Balaban J connectivity index is 2.92. The lowest BCUT2D eigenvalue weighted by Crippen LogP contribution is -2.33. The van der Waals surface area contributed by atoms with Crippen LogP contribution in [0.3, 0.4) is 0 Å². The molecule has 0 fully saturated rings. The summed E-state index contributed by atoms with van der Waals surface area (Å²) in [5, 5.41) is 0. The van der Waals surface area contributed by atoms with Gasteiger partial charge in [0.25, 0.3) is 0 Å². The summed E-state index contributed by atoms with van der Waals surface area (Å²) < 4.78 is 5.08. The normalized spacial score (nSPS) is 9.76. The highest BCUT2D eigenvalue weighted by atomic mass is 16.5. The van der Waals surface area contributed by atoms with Crippen molar-refractivity contribution >= 4 is 17.5 Å². The highest BCUT2D eigenvalue weighted by Crippen LogP contribution is 2.21. The van der Waals surface area contributed by atoms with Crippen molar-refractivity contribution in [2.24, 2.45) is 5.73 Å². The summed E-state index contributed by atoms with van der Waals surface area (Å²) in [6.07, 6.45) is -0.287. The zero-order valence-corrected chi connectivity index (χ0v) is 9.97. The third kappa shape index (κ3) is 3.48. The Morgan fingerprint density at radius 2 is 2.12 bits per heavy atom. The quantitative estimate of drug-likeness (QED) is 0.773. The molecule has 2 amide bonds. The highest BCUT2D eigenvalue weighted by Gasteiger charge is 2.16. The molecular weight excluding hydrogens is 220 g/mol. The number of hydrogen-bond donors (Lipinski definition) is 1. The molecule has 0 aliphatic carbocycles. The van der Waals surface area contributed by atoms with Crippen molar-refractivity contribution in [2.75, 3.05) is 18.6 Å². The first kappa shape index (κ1) is 13.0. The largest absolute Gasteiger partial charge is 0.497 e. The maximum atomic E-state index is 11.8. The van der Waals surface area contributed by atoms with E-state index in [1.54, 1.807) is 31.4 Å². The van der Waals surface area contributed by atoms with E-state index in [4.69, 9.17) is 10.5 Å². The minimum absolute atomic E-state index is 0.287. The maximum Gasteiger partial charge on any atom is 0.236 e. The number of methoxy groups -OCH3 is 1. The van der Waals surface area contributed by atoms with E-state index in [1.165, 1.54) is 4.90 Å². The summed E-state index contributed by atoms with van der Waals surface area (Å²) in [4.78, 5) is 24.0. The number of nitrogens with two attached hydrogens (primary N) is 1. The summed E-state index contributed by atoms with van der Waals surface area (Å²) in [6.45, 7) is 2.30. The number of carbonyl (C=O) groups is 2. The molecule has 0 spiro atoms. The second-order valence-electron chi connectivity index (χ2n) is 3.48. The van der Waals surface area contributed by atoms with Crippen LogP contribution in [0.1, 0.15) is 13.3 Å². The minimum Gasteiger partial charge on any atom is -0.497 e. The van der Waals surface area contributed by atoms with Crippen molar-refractivity contribution < 1.29 is 14.3 Å². The maximum absolute atomic E-state index is 11.8. The first-order chi connectivity index (χ1) is 8.08. The third-order valence-corrected chi connectivity index (χ3v) is 2.31. The topological polar surface area (TPSA) is 72.6 Å². The number of carbonyl (C=O) groups excluding carboxylic acids is 2. The second kappa shape index (κ2) is 5.89. The Kier molecular flexibility index (Phi) is 4.51. The Morgan fingerprint density at radius 3 is 2.65 bits per heavy atom. The number of ether oxygens (including phenoxy) is 1. The molecule has 0 aromatic heterocycles. The lowest BCUT2D eigenvalue weighted by atomic mass is 10.2. The van der Waals surface area contributed by atoms with Crippen LogP contribution in [0.25, 0.3) is 0 Å². The second-order valence-corrected chi connectivity index (χ2v) is 3.48. The molecule has 92 valence electrons. The summed E-state index contributed by atoms with van der Waals surface area (Å²) in [6, 6.07) is 7.09. The Labute approximate surface area is 100 Å². The number of benzene rings is 1. The SMILES string of the molecule is CCN(C(=O)CC(N)=O)c1cccc(OC)c1. The van der Waals surface area contributed by atoms with Crippen LogP contribution in [0.4, 0.5) is 5.69 Å². The molecule has 0 saturated carbocycles. The van der Waals surface area contributed by atoms with Gasteiger partial charge in [0, 0.05) is 18.3 Å². The first-order valence-electron chi connectivity index (χ1n) is 5.31. The molecule has 0 atom stereocenters. The van der Waals surface area contributed by atoms with Crippen molar-refractivity contribution in [1.29, 1.82) is 0 Å². The predicted octanol–water partition coefficient (Wildman–Crippen LogP) is 0.923. The van der Waals surface area contributed by atoms with Crippen molar-refractivity contribution in [3.63, 3.8) is 0 Å². The number of rotatable bonds is 5. The lowest BCUT2D eigenvalue weighted by Gasteiger charge is -2.20. The van der Waals surface area contributed by atoms with Gasteiger partial charge in [-0.25, -0.2) is 0 Å². The number of hydrogen-bond acceptors (Lipinski definition) is 3. The van der Waals surface area contributed by atoms with Crippen LogP contribution in [0.2, 0.25) is 0 Å². The molecule has 0 radical (unpaired) electrons. The van der Waals surface area contributed by atoms with Crippen LogP contribution >= 0.6 is 0 Å². The average Bonchev–Trinajstić information content (AvgIpc) is 2.29. The molecule has 0 saturated heterocycles. The van der Waals surface area contributed by atoms with Gasteiger partial charge in [0.05, 0.1) is 7.11 Å². The van der Waals surface area contributed by atoms with E-state index in [-0.39, 0.29) is 12.3 Å². The van der Waals surface area contributed by atoms with Crippen molar-refractivity contribution in [3.8, 4) is 5.75 Å². The zero-order valence-electron chi connectivity index (χ0n) is 9.97. The van der Waals surface area contributed by atoms with E-state index in [2.05, 4.69) is 0 Å². The van der Waals surface area contributed by atoms with Gasteiger partial charge in [-0.1, -0.05) is 6.07 Å². The van der Waals surface area contributed by atoms with E-state index >= 15 is 0 Å². The van der Waals surface area contributed by atoms with E-state index in [0.29, 0.717) is 18.0 Å². The Bertz CT molecular complexity index is 418. The van der Waals surface area contributed by atoms with Crippen molar-refractivity contribution in [2.45, 2.75) is 13.3 Å². The average molecular weight is 236 g/mol. The van der Waals surface area contributed by atoms with Gasteiger partial charge in [-0.05, 0) is 19.1 Å². The van der Waals surface area contributed by atoms with Gasteiger partial charge in [0.1, 0.15) is 12.2 Å². The zero-order chi connectivity index (χ0) is 12.8. The van der Waals surface area contributed by atoms with Crippen molar-refractivity contribution in [3.05, 3.63) is 24.3 Å². The van der Waals surface area contributed by atoms with Crippen LogP contribution in [-0.4, -0.2) is 25.5 Å². The van der Waals surface area contributed by atoms with Gasteiger partial charge in [0.2, 0.25) is 11.8 Å². The van der Waals surface area contributed by atoms with E-state index < -0.39 is 5.91 Å². The van der Waals surface area contributed by atoms with Crippen molar-refractivity contribution in [1.82, 2.24) is 0 Å². The van der Waals surface area contributed by atoms with Gasteiger partial charge < -0.3 is 15.4 Å². The van der Waals surface area contributed by atoms with Gasteiger partial charge in [-0.2, -0.15) is 0 Å². The molecule has 1 aromatic carbocycles. The number of anilines is 1. The summed E-state index contributed by atoms with van der Waals surface area (Å²) in [5.41, 5.74) is 5.70. The molecule has 0 unspecified atom stereocenters. The molecule has 17 heavy (non-hydrogen) atoms. The Morgan fingerprint density at radius 1 is 1.41 bits per heavy atom. The van der Waals surface area contributed by atoms with Crippen LogP contribution in [0.15, 0.2) is 24.3 Å². The third-order valence-electron chi connectivity index (χ3n) is 2.31. The number of primary amides is 1. The molecule has 0 bridgehead atoms. The molecule has 5 heteroatoms. The molecule has 1 aromatic rings. The van der Waals surface area contributed by atoms with Crippen LogP contribution in [0.5, 0.6) is 5.75 Å². The molecule has 2 N–H and O–H groups in total. The lowest BCUT2D eigenvalue weighted by molar-refractivity contribution is -0.126. The van der Waals surface area contributed by atoms with E-state index in [9.17, 15) is 9.59 Å². The molecule has 0 aliphatic heterocycles. The monoisotopic (exact) mass is 236 g/mol. The standard InChI is InChI=1S/C12H16N2O3/c1-3-14(12(16)8-11(13)15)9-5-4-6-10(7-9)17-2/h4-7H,3,8H2,1-2H3,(H2,13,15). The van der Waals surface area contributed by atoms with Crippen LogP contribution < -0.4 is 15.4 Å². The van der Waals surface area contributed by atoms with Gasteiger partial charge in [-0.15, -0.1) is 0 Å². The predicted molar refractivity (Wildman–Crippen MR) is 64.8 cm³/mol. The molecule has 0 heterocycles. The summed E-state index contributed by atoms with van der Waals surface area (Å²) in [7, 11) is 1.56. The fraction of sp³-hybridized carbons (Fsp3) is 0.333. The fourth-order valence-electron chi connectivity index (χ4n) is 1.53. The van der Waals surface area contributed by atoms with Gasteiger partial charge in [-0.3, -0.25) is 9.59 Å². The van der Waals surface area contributed by atoms with Gasteiger partial charge >= 0.3 is 0 Å². The Hall–Kier alpha value is -2.04. The number of nitrogens with zero attached hydrogens (tertiary/aromatic N) is 1.